The zero-order chi connectivity index (χ0) is 20.9. The predicted octanol–water partition coefficient (Wildman–Crippen LogP) is 2.45. The Morgan fingerprint density at radius 3 is 2.43 bits per heavy atom. The van der Waals surface area contributed by atoms with Crippen LogP contribution in [0.25, 0.3) is 0 Å². The lowest BCUT2D eigenvalue weighted by molar-refractivity contribution is -0.114. The van der Waals surface area contributed by atoms with Crippen molar-refractivity contribution >= 4 is 23.2 Å². The van der Waals surface area contributed by atoms with Crippen molar-refractivity contribution in [1.29, 1.82) is 0 Å². The summed E-state index contributed by atoms with van der Waals surface area (Å²) in [5, 5.41) is 14.2. The smallest absolute Gasteiger partial charge is 0.275 e. The first-order valence-corrected chi connectivity index (χ1v) is 8.84. The molecule has 1 atom stereocenters. The van der Waals surface area contributed by atoms with Gasteiger partial charge in [0.15, 0.2) is 5.71 Å². The maximum atomic E-state index is 12.1. The van der Waals surface area contributed by atoms with Crippen molar-refractivity contribution in [1.82, 2.24) is 5.32 Å². The molecule has 0 aliphatic heterocycles. The lowest BCUT2D eigenvalue weighted by atomic mass is 10.0. The molecule has 0 radical (unpaired) electrons. The van der Waals surface area contributed by atoms with Crippen LogP contribution in [0.2, 0.25) is 0 Å². The van der Waals surface area contributed by atoms with Gasteiger partial charge in [-0.3, -0.25) is 4.79 Å². The van der Waals surface area contributed by atoms with Gasteiger partial charge >= 0.3 is 0 Å². The van der Waals surface area contributed by atoms with Gasteiger partial charge in [0.05, 0.1) is 6.10 Å². The summed E-state index contributed by atoms with van der Waals surface area (Å²) in [6, 6.07) is 7.20. The fraction of sp³-hybridized carbons (Fsp3) is 0.474. The van der Waals surface area contributed by atoms with Gasteiger partial charge in [0, 0.05) is 18.2 Å². The number of oxime groups is 3. The van der Waals surface area contributed by atoms with Crippen LogP contribution >= 0.6 is 0 Å². The second kappa shape index (κ2) is 12.3. The second-order valence-electron chi connectivity index (χ2n) is 5.72. The Bertz CT molecular complexity index is 731. The summed E-state index contributed by atoms with van der Waals surface area (Å²) in [4.78, 5) is 27.1. The van der Waals surface area contributed by atoms with Crippen molar-refractivity contribution in [3.05, 3.63) is 35.4 Å². The van der Waals surface area contributed by atoms with E-state index in [-0.39, 0.29) is 30.2 Å². The van der Waals surface area contributed by atoms with Crippen LogP contribution in [-0.2, 0) is 30.7 Å². The molecular weight excluding hydrogens is 364 g/mol. The number of amides is 1. The van der Waals surface area contributed by atoms with Crippen molar-refractivity contribution < 1.29 is 24.0 Å². The molecule has 1 amide bonds. The van der Waals surface area contributed by atoms with E-state index in [9.17, 15) is 4.79 Å². The Labute approximate surface area is 165 Å². The summed E-state index contributed by atoms with van der Waals surface area (Å²) in [5.41, 5.74) is 1.87. The topological polar surface area (TPSA) is 103 Å². The van der Waals surface area contributed by atoms with Crippen molar-refractivity contribution in [3.8, 4) is 0 Å². The van der Waals surface area contributed by atoms with Gasteiger partial charge in [-0.15, -0.1) is 0 Å². The van der Waals surface area contributed by atoms with Crippen LogP contribution in [0.1, 0.15) is 38.3 Å². The molecule has 9 nitrogen and oxygen atoms in total. The van der Waals surface area contributed by atoms with E-state index in [1.54, 1.807) is 19.1 Å². The van der Waals surface area contributed by atoms with Crippen molar-refractivity contribution in [2.24, 2.45) is 15.5 Å². The van der Waals surface area contributed by atoms with E-state index in [4.69, 9.17) is 19.2 Å². The molecule has 0 saturated carbocycles. The summed E-state index contributed by atoms with van der Waals surface area (Å²) in [5.74, 6) is -0.123. The molecule has 0 fully saturated rings. The highest BCUT2D eigenvalue weighted by Gasteiger charge is 2.17. The Kier molecular flexibility index (Phi) is 10.1. The molecule has 1 rings (SSSR count). The summed E-state index contributed by atoms with van der Waals surface area (Å²) >= 11 is 0. The van der Waals surface area contributed by atoms with E-state index >= 15 is 0 Å². The third-order valence-corrected chi connectivity index (χ3v) is 3.69. The van der Waals surface area contributed by atoms with Gasteiger partial charge in [0.1, 0.15) is 26.5 Å². The van der Waals surface area contributed by atoms with Crippen molar-refractivity contribution in [2.45, 2.75) is 39.9 Å². The maximum Gasteiger partial charge on any atom is 0.275 e. The molecule has 154 valence electrons. The van der Waals surface area contributed by atoms with Crippen LogP contribution in [0.4, 0.5) is 0 Å². The number of hydrogen-bond acceptors (Lipinski definition) is 8. The van der Waals surface area contributed by atoms with Crippen LogP contribution in [0.3, 0.4) is 0 Å². The molecule has 1 unspecified atom stereocenters. The van der Waals surface area contributed by atoms with Gasteiger partial charge in [0.25, 0.3) is 11.8 Å². The SMILES string of the molecule is CCC(C)OC(=N\OC)/C(C)=N/OCc1ccccc1/C(=N\OC)C(=O)NC. The minimum atomic E-state index is -0.370. The zero-order valence-corrected chi connectivity index (χ0v) is 17.2. The molecule has 1 N–H and O–H groups in total. The fourth-order valence-corrected chi connectivity index (χ4v) is 2.07. The minimum absolute atomic E-state index is 0.0415. The van der Waals surface area contributed by atoms with E-state index in [0.29, 0.717) is 16.8 Å². The van der Waals surface area contributed by atoms with E-state index < -0.39 is 0 Å². The van der Waals surface area contributed by atoms with E-state index in [0.717, 1.165) is 6.42 Å². The number of ether oxygens (including phenoxy) is 1. The third kappa shape index (κ3) is 6.90. The minimum Gasteiger partial charge on any atom is -0.471 e. The van der Waals surface area contributed by atoms with E-state index in [2.05, 4.69) is 20.8 Å². The standard InChI is InChI=1S/C19H28N4O5/c1-7-13(2)28-19(23-26-6)14(3)21-27-12-15-10-8-9-11-16(15)17(22-25-5)18(24)20-4/h8-11,13H,7,12H2,1-6H3,(H,20,24)/b21-14+,22-17+,23-19-. The van der Waals surface area contributed by atoms with Crippen LogP contribution in [0, 0.1) is 0 Å². The number of nitrogens with one attached hydrogen (secondary N) is 1. The lowest BCUT2D eigenvalue weighted by Crippen LogP contribution is -2.29. The number of benzene rings is 1. The molecule has 0 aromatic heterocycles. The summed E-state index contributed by atoms with van der Waals surface area (Å²) in [6.45, 7) is 5.73. The highest BCUT2D eigenvalue weighted by atomic mass is 16.6. The first-order valence-electron chi connectivity index (χ1n) is 8.84. The second-order valence-corrected chi connectivity index (χ2v) is 5.72. The van der Waals surface area contributed by atoms with E-state index in [1.807, 2.05) is 26.0 Å². The number of likely N-dealkylation sites (N-methyl/N-ethyl adjacent to an activating group) is 1. The Balaban J connectivity index is 2.98. The Morgan fingerprint density at radius 1 is 1.14 bits per heavy atom. The van der Waals surface area contributed by atoms with Crippen molar-refractivity contribution in [3.63, 3.8) is 0 Å². The van der Waals surface area contributed by atoms with Gasteiger partial charge in [-0.25, -0.2) is 0 Å². The van der Waals surface area contributed by atoms with Gasteiger partial charge in [0.2, 0.25) is 0 Å². The highest BCUT2D eigenvalue weighted by molar-refractivity contribution is 6.45. The van der Waals surface area contributed by atoms with Crippen LogP contribution in [0.15, 0.2) is 39.7 Å². The van der Waals surface area contributed by atoms with Crippen molar-refractivity contribution in [2.75, 3.05) is 21.3 Å². The largest absolute Gasteiger partial charge is 0.471 e. The van der Waals surface area contributed by atoms with E-state index in [1.165, 1.54) is 21.3 Å². The van der Waals surface area contributed by atoms with Gasteiger partial charge in [-0.1, -0.05) is 41.5 Å². The van der Waals surface area contributed by atoms with Gasteiger partial charge < -0.3 is 24.6 Å². The number of carbonyl (C=O) groups excluding carboxylic acids is 1. The van der Waals surface area contributed by atoms with Gasteiger partial charge in [-0.2, -0.15) is 0 Å². The quantitative estimate of drug-likeness (QED) is 0.374. The van der Waals surface area contributed by atoms with Crippen LogP contribution < -0.4 is 5.32 Å². The average Bonchev–Trinajstić information content (AvgIpc) is 2.71. The monoisotopic (exact) mass is 392 g/mol. The van der Waals surface area contributed by atoms with Crippen LogP contribution in [-0.4, -0.2) is 50.6 Å². The molecule has 0 heterocycles. The molecule has 9 heteroatoms. The summed E-state index contributed by atoms with van der Waals surface area (Å²) in [6.07, 6.45) is 0.769. The molecular formula is C19H28N4O5. The maximum absolute atomic E-state index is 12.1. The lowest BCUT2D eigenvalue weighted by Gasteiger charge is -2.13. The molecule has 0 spiro atoms. The summed E-state index contributed by atoms with van der Waals surface area (Å²) in [7, 11) is 4.33. The molecule has 1 aromatic carbocycles. The molecule has 1 aromatic rings. The molecule has 0 aliphatic rings. The number of nitrogens with zero attached hydrogens (tertiary/aromatic N) is 3. The van der Waals surface area contributed by atoms with Crippen LogP contribution in [0.5, 0.6) is 0 Å². The molecule has 28 heavy (non-hydrogen) atoms. The summed E-state index contributed by atoms with van der Waals surface area (Å²) < 4.78 is 5.67. The third-order valence-electron chi connectivity index (χ3n) is 3.69. The molecule has 0 bridgehead atoms. The number of rotatable bonds is 10. The highest BCUT2D eigenvalue weighted by Crippen LogP contribution is 2.13. The Morgan fingerprint density at radius 2 is 1.82 bits per heavy atom. The first-order chi connectivity index (χ1) is 13.5. The number of carbonyl (C=O) groups is 1. The Hall–Kier alpha value is -3.10. The fourth-order valence-electron chi connectivity index (χ4n) is 2.07. The van der Waals surface area contributed by atoms with Gasteiger partial charge in [-0.05, 0) is 25.4 Å². The predicted molar refractivity (Wildman–Crippen MR) is 107 cm³/mol. The number of hydrogen-bond donors (Lipinski definition) is 1. The molecule has 0 aliphatic carbocycles. The molecule has 0 saturated heterocycles. The average molecular weight is 392 g/mol. The normalized spacial score (nSPS) is 13.6. The first kappa shape index (κ1) is 22.9. The zero-order valence-electron chi connectivity index (χ0n) is 17.2.